The fraction of sp³-hybridized carbons (Fsp3) is 1.00. The van der Waals surface area contributed by atoms with Gasteiger partial charge < -0.3 is 10.5 Å². The maximum absolute atomic E-state index is 11.6. The van der Waals surface area contributed by atoms with Gasteiger partial charge in [-0.05, 0) is 33.7 Å². The lowest BCUT2D eigenvalue weighted by atomic mass is 10.3. The van der Waals surface area contributed by atoms with Crippen molar-refractivity contribution < 1.29 is 13.2 Å². The molecule has 0 saturated heterocycles. The molecule has 0 spiro atoms. The minimum absolute atomic E-state index is 0.0844. The molecule has 14 heavy (non-hydrogen) atoms. The highest BCUT2D eigenvalue weighted by molar-refractivity contribution is 7.92. The van der Waals surface area contributed by atoms with E-state index in [2.05, 4.69) is 0 Å². The fourth-order valence-corrected chi connectivity index (χ4v) is 1.71. The molecule has 2 N–H and O–H groups in total. The minimum atomic E-state index is -3.04. The zero-order chi connectivity index (χ0) is 11.2. The Balaban J connectivity index is 3.80. The molecule has 0 aromatic heterocycles. The Hall–Kier alpha value is -0.130. The van der Waals surface area contributed by atoms with Gasteiger partial charge >= 0.3 is 0 Å². The summed E-state index contributed by atoms with van der Waals surface area (Å²) >= 11 is 0. The quantitative estimate of drug-likeness (QED) is 0.668. The second-order valence-corrected chi connectivity index (χ2v) is 7.05. The molecule has 0 heterocycles. The van der Waals surface area contributed by atoms with Gasteiger partial charge in [-0.3, -0.25) is 0 Å². The fourth-order valence-electron chi connectivity index (χ4n) is 0.762. The van der Waals surface area contributed by atoms with E-state index in [9.17, 15) is 8.42 Å². The molecule has 0 amide bonds. The van der Waals surface area contributed by atoms with E-state index in [1.807, 2.05) is 0 Å². The van der Waals surface area contributed by atoms with Crippen molar-refractivity contribution in [3.05, 3.63) is 0 Å². The van der Waals surface area contributed by atoms with Crippen molar-refractivity contribution >= 4 is 9.84 Å². The third kappa shape index (κ3) is 4.93. The summed E-state index contributed by atoms with van der Waals surface area (Å²) in [5, 5.41) is 0. The van der Waals surface area contributed by atoms with Gasteiger partial charge in [0.1, 0.15) is 0 Å². The smallest absolute Gasteiger partial charge is 0.157 e. The van der Waals surface area contributed by atoms with E-state index in [0.717, 1.165) is 6.42 Å². The molecule has 0 unspecified atom stereocenters. The van der Waals surface area contributed by atoms with Gasteiger partial charge in [-0.25, -0.2) is 8.42 Å². The lowest BCUT2D eigenvalue weighted by Crippen LogP contribution is -2.32. The summed E-state index contributed by atoms with van der Waals surface area (Å²) in [4.78, 5) is 0. The third-order valence-electron chi connectivity index (χ3n) is 1.92. The summed E-state index contributed by atoms with van der Waals surface area (Å²) in [7, 11) is -3.04. The first-order valence-electron chi connectivity index (χ1n) is 4.81. The Bertz CT molecular complexity index is 241. The maximum atomic E-state index is 11.6. The van der Waals surface area contributed by atoms with Crippen molar-refractivity contribution in [2.75, 3.05) is 25.5 Å². The number of ether oxygens (including phenoxy) is 1. The van der Waals surface area contributed by atoms with Crippen molar-refractivity contribution in [2.24, 2.45) is 5.73 Å². The molecule has 86 valence electrons. The van der Waals surface area contributed by atoms with Gasteiger partial charge in [0.25, 0.3) is 0 Å². The standard InChI is InChI=1S/C9H21NO3S/c1-9(2,3)14(11,12)8-7-13-6-4-5-10/h4-8,10H2,1-3H3. The second-order valence-electron chi connectivity index (χ2n) is 4.19. The normalized spacial score (nSPS) is 13.1. The Morgan fingerprint density at radius 3 is 2.21 bits per heavy atom. The van der Waals surface area contributed by atoms with Crippen LogP contribution < -0.4 is 5.73 Å². The van der Waals surface area contributed by atoms with Gasteiger partial charge in [-0.1, -0.05) is 0 Å². The van der Waals surface area contributed by atoms with Crippen LogP contribution in [0.15, 0.2) is 0 Å². The Morgan fingerprint density at radius 2 is 1.79 bits per heavy atom. The summed E-state index contributed by atoms with van der Waals surface area (Å²) in [5.74, 6) is 0.0844. The third-order valence-corrected chi connectivity index (χ3v) is 4.49. The molecular weight excluding hydrogens is 202 g/mol. The molecule has 0 fully saturated rings. The van der Waals surface area contributed by atoms with Crippen molar-refractivity contribution in [3.63, 3.8) is 0 Å². The van der Waals surface area contributed by atoms with Gasteiger partial charge in [-0.15, -0.1) is 0 Å². The minimum Gasteiger partial charge on any atom is -0.380 e. The molecule has 4 nitrogen and oxygen atoms in total. The zero-order valence-electron chi connectivity index (χ0n) is 9.25. The van der Waals surface area contributed by atoms with E-state index in [-0.39, 0.29) is 12.4 Å². The number of hydrogen-bond donors (Lipinski definition) is 1. The highest BCUT2D eigenvalue weighted by Crippen LogP contribution is 2.15. The Labute approximate surface area is 86.7 Å². The van der Waals surface area contributed by atoms with Crippen LogP contribution >= 0.6 is 0 Å². The molecule has 0 bridgehead atoms. The van der Waals surface area contributed by atoms with E-state index in [1.54, 1.807) is 20.8 Å². The van der Waals surface area contributed by atoms with Crippen LogP contribution in [0, 0.1) is 0 Å². The Morgan fingerprint density at radius 1 is 1.21 bits per heavy atom. The molecule has 5 heteroatoms. The molecule has 0 rings (SSSR count). The first kappa shape index (κ1) is 13.9. The van der Waals surface area contributed by atoms with Crippen LogP contribution in [0.3, 0.4) is 0 Å². The van der Waals surface area contributed by atoms with Crippen LogP contribution in [0.5, 0.6) is 0 Å². The van der Waals surface area contributed by atoms with Crippen molar-refractivity contribution in [3.8, 4) is 0 Å². The van der Waals surface area contributed by atoms with Gasteiger partial charge in [-0.2, -0.15) is 0 Å². The molecule has 0 aromatic carbocycles. The zero-order valence-corrected chi connectivity index (χ0v) is 10.1. The van der Waals surface area contributed by atoms with E-state index in [1.165, 1.54) is 0 Å². The van der Waals surface area contributed by atoms with Gasteiger partial charge in [0, 0.05) is 6.61 Å². The van der Waals surface area contributed by atoms with E-state index in [0.29, 0.717) is 13.2 Å². The monoisotopic (exact) mass is 223 g/mol. The number of hydrogen-bond acceptors (Lipinski definition) is 4. The summed E-state index contributed by atoms with van der Waals surface area (Å²) in [6.07, 6.45) is 0.773. The topological polar surface area (TPSA) is 69.4 Å². The van der Waals surface area contributed by atoms with Crippen molar-refractivity contribution in [1.29, 1.82) is 0 Å². The summed E-state index contributed by atoms with van der Waals surface area (Å²) < 4.78 is 27.6. The summed E-state index contributed by atoms with van der Waals surface area (Å²) in [5.41, 5.74) is 5.27. The first-order chi connectivity index (χ1) is 6.31. The molecular formula is C9H21NO3S. The first-order valence-corrected chi connectivity index (χ1v) is 6.46. The van der Waals surface area contributed by atoms with Crippen LogP contribution in [-0.4, -0.2) is 38.7 Å². The average Bonchev–Trinajstić information content (AvgIpc) is 2.02. The van der Waals surface area contributed by atoms with Gasteiger partial charge in [0.2, 0.25) is 0 Å². The van der Waals surface area contributed by atoms with Gasteiger partial charge in [0.15, 0.2) is 9.84 Å². The van der Waals surface area contributed by atoms with Crippen LogP contribution in [0.2, 0.25) is 0 Å². The van der Waals surface area contributed by atoms with Crippen molar-refractivity contribution in [2.45, 2.75) is 31.9 Å². The second kappa shape index (κ2) is 5.68. The predicted molar refractivity (Wildman–Crippen MR) is 58.0 cm³/mol. The number of nitrogens with two attached hydrogens (primary N) is 1. The maximum Gasteiger partial charge on any atom is 0.157 e. The van der Waals surface area contributed by atoms with Gasteiger partial charge in [0.05, 0.1) is 17.1 Å². The van der Waals surface area contributed by atoms with E-state index >= 15 is 0 Å². The van der Waals surface area contributed by atoms with E-state index < -0.39 is 14.6 Å². The predicted octanol–water partition coefficient (Wildman–Crippen LogP) is 0.565. The molecule has 0 radical (unpaired) electrons. The lowest BCUT2D eigenvalue weighted by molar-refractivity contribution is 0.147. The molecule has 0 aliphatic carbocycles. The molecule has 0 aliphatic rings. The number of rotatable bonds is 6. The Kier molecular flexibility index (Phi) is 5.63. The van der Waals surface area contributed by atoms with E-state index in [4.69, 9.17) is 10.5 Å². The molecule has 0 aliphatic heterocycles. The SMILES string of the molecule is CC(C)(C)S(=O)(=O)CCOCCCN. The highest BCUT2D eigenvalue weighted by atomic mass is 32.2. The largest absolute Gasteiger partial charge is 0.380 e. The number of sulfone groups is 1. The lowest BCUT2D eigenvalue weighted by Gasteiger charge is -2.18. The van der Waals surface area contributed by atoms with Crippen LogP contribution in [-0.2, 0) is 14.6 Å². The summed E-state index contributed by atoms with van der Waals surface area (Å²) in [6.45, 7) is 6.47. The molecule has 0 aromatic rings. The molecule has 0 atom stereocenters. The highest BCUT2D eigenvalue weighted by Gasteiger charge is 2.28. The van der Waals surface area contributed by atoms with Crippen LogP contribution in [0.1, 0.15) is 27.2 Å². The average molecular weight is 223 g/mol. The summed E-state index contributed by atoms with van der Waals surface area (Å²) in [6, 6.07) is 0. The molecule has 0 saturated carbocycles. The van der Waals surface area contributed by atoms with Crippen LogP contribution in [0.4, 0.5) is 0 Å². The van der Waals surface area contributed by atoms with Crippen LogP contribution in [0.25, 0.3) is 0 Å². The van der Waals surface area contributed by atoms with Crippen molar-refractivity contribution in [1.82, 2.24) is 0 Å².